The summed E-state index contributed by atoms with van der Waals surface area (Å²) in [4.78, 5) is 29.5. The number of nitrogens with one attached hydrogen (secondary N) is 4. The number of benzene rings is 2. The van der Waals surface area contributed by atoms with E-state index >= 15 is 0 Å². The lowest BCUT2D eigenvalue weighted by atomic mass is 10.1. The van der Waals surface area contributed by atoms with Crippen molar-refractivity contribution >= 4 is 45.0 Å². The van der Waals surface area contributed by atoms with Crippen LogP contribution in [0.15, 0.2) is 54.9 Å². The second-order valence-corrected chi connectivity index (χ2v) is 7.53. The van der Waals surface area contributed by atoms with Gasteiger partial charge >= 0.3 is 0 Å². The molecule has 0 fully saturated rings. The number of hydrogen-bond donors (Lipinski definition) is 4. The summed E-state index contributed by atoms with van der Waals surface area (Å²) >= 11 is 0. The van der Waals surface area contributed by atoms with Crippen LogP contribution in [0.2, 0.25) is 0 Å². The van der Waals surface area contributed by atoms with Crippen molar-refractivity contribution in [2.75, 3.05) is 10.6 Å². The maximum absolute atomic E-state index is 12.7. The van der Waals surface area contributed by atoms with E-state index in [0.717, 1.165) is 33.2 Å². The van der Waals surface area contributed by atoms with Gasteiger partial charge in [0.05, 0.1) is 22.2 Å². The van der Waals surface area contributed by atoms with Crippen molar-refractivity contribution < 1.29 is 9.59 Å². The van der Waals surface area contributed by atoms with Crippen LogP contribution in [0.1, 0.15) is 32.1 Å². The van der Waals surface area contributed by atoms with Crippen molar-refractivity contribution in [3.63, 3.8) is 0 Å². The Bertz CT molecular complexity index is 1390. The minimum absolute atomic E-state index is 0.273. The summed E-state index contributed by atoms with van der Waals surface area (Å²) in [6, 6.07) is 12.5. The van der Waals surface area contributed by atoms with E-state index < -0.39 is 0 Å². The first kappa shape index (κ1) is 19.4. The molecule has 0 aliphatic rings. The fourth-order valence-electron chi connectivity index (χ4n) is 3.54. The smallest absolute Gasteiger partial charge is 0.257 e. The first-order valence-corrected chi connectivity index (χ1v) is 9.95. The van der Waals surface area contributed by atoms with Crippen LogP contribution in [0.25, 0.3) is 21.8 Å². The molecule has 0 radical (unpaired) electrons. The van der Waals surface area contributed by atoms with Crippen molar-refractivity contribution in [3.8, 4) is 0 Å². The lowest BCUT2D eigenvalue weighted by molar-refractivity contribution is 0.102. The highest BCUT2D eigenvalue weighted by atomic mass is 16.2. The molecule has 9 heteroatoms. The van der Waals surface area contributed by atoms with Gasteiger partial charge in [-0.25, -0.2) is 0 Å². The Balaban J connectivity index is 1.33. The molecule has 3 heterocycles. The molecular weight excluding hydrogens is 406 g/mol. The average Bonchev–Trinajstić information content (AvgIpc) is 3.36. The molecule has 0 unspecified atom stereocenters. The molecule has 0 spiro atoms. The van der Waals surface area contributed by atoms with Crippen LogP contribution < -0.4 is 10.6 Å². The number of anilines is 2. The van der Waals surface area contributed by atoms with Gasteiger partial charge in [-0.3, -0.25) is 24.8 Å². The summed E-state index contributed by atoms with van der Waals surface area (Å²) in [6.45, 7) is 3.87. The molecule has 0 aliphatic carbocycles. The standard InChI is InChI=1S/C23H19N7O2/c1-12-18-5-3-16(8-20(18)29-27-12)25-22(31)14-7-15(11-24-10-14)23(32)26-17-4-6-19-13(2)28-30-21(19)9-17/h3-11H,1-2H3,(H,25,31)(H,26,32)(H,27,29)(H,28,30). The highest BCUT2D eigenvalue weighted by Crippen LogP contribution is 2.22. The van der Waals surface area contributed by atoms with Crippen LogP contribution in [0.5, 0.6) is 0 Å². The Morgan fingerprint density at radius 1 is 0.719 bits per heavy atom. The SMILES string of the molecule is Cc1[nH]nc2cc(NC(=O)c3cncc(C(=O)Nc4ccc5c(C)[nH]nc5c4)c3)ccc12. The molecule has 0 aliphatic heterocycles. The van der Waals surface area contributed by atoms with E-state index in [0.29, 0.717) is 11.4 Å². The molecular formula is C23H19N7O2. The quantitative estimate of drug-likeness (QED) is 0.346. The van der Waals surface area contributed by atoms with E-state index in [2.05, 4.69) is 36.0 Å². The molecule has 3 aromatic heterocycles. The number of carbonyl (C=O) groups excluding carboxylic acids is 2. The fourth-order valence-corrected chi connectivity index (χ4v) is 3.54. The maximum atomic E-state index is 12.7. The van der Waals surface area contributed by atoms with Crippen LogP contribution in [0, 0.1) is 13.8 Å². The largest absolute Gasteiger partial charge is 0.322 e. The predicted molar refractivity (Wildman–Crippen MR) is 122 cm³/mol. The van der Waals surface area contributed by atoms with Gasteiger partial charge < -0.3 is 10.6 Å². The van der Waals surface area contributed by atoms with Gasteiger partial charge in [0.25, 0.3) is 11.8 Å². The summed E-state index contributed by atoms with van der Waals surface area (Å²) in [5.41, 5.74) is 5.19. The van der Waals surface area contributed by atoms with Crippen molar-refractivity contribution in [2.45, 2.75) is 13.8 Å². The van der Waals surface area contributed by atoms with Crippen LogP contribution in [0.3, 0.4) is 0 Å². The molecule has 32 heavy (non-hydrogen) atoms. The second kappa shape index (κ2) is 7.62. The third kappa shape index (κ3) is 3.56. The predicted octanol–water partition coefficient (Wildman–Crippen LogP) is 3.96. The van der Waals surface area contributed by atoms with Gasteiger partial charge in [0.2, 0.25) is 0 Å². The lowest BCUT2D eigenvalue weighted by Crippen LogP contribution is -2.16. The molecule has 2 amide bonds. The Morgan fingerprint density at radius 2 is 1.19 bits per heavy atom. The van der Waals surface area contributed by atoms with Gasteiger partial charge in [0.1, 0.15) is 0 Å². The van der Waals surface area contributed by atoms with Crippen LogP contribution in [-0.4, -0.2) is 37.2 Å². The fraction of sp³-hybridized carbons (Fsp3) is 0.0870. The topological polar surface area (TPSA) is 128 Å². The zero-order valence-electron chi connectivity index (χ0n) is 17.4. The molecule has 9 nitrogen and oxygen atoms in total. The number of aryl methyl sites for hydroxylation is 2. The number of H-pyrrole nitrogens is 2. The average molecular weight is 425 g/mol. The van der Waals surface area contributed by atoms with Gasteiger partial charge in [0, 0.05) is 45.9 Å². The number of hydrogen-bond acceptors (Lipinski definition) is 5. The van der Waals surface area contributed by atoms with E-state index in [4.69, 9.17) is 0 Å². The Hall–Kier alpha value is -4.53. The molecule has 0 saturated heterocycles. The Kier molecular flexibility index (Phi) is 4.63. The van der Waals surface area contributed by atoms with E-state index in [1.54, 1.807) is 24.3 Å². The van der Waals surface area contributed by atoms with Crippen molar-refractivity contribution in [1.29, 1.82) is 0 Å². The molecule has 0 bridgehead atoms. The van der Waals surface area contributed by atoms with Crippen LogP contribution in [0.4, 0.5) is 11.4 Å². The number of pyridine rings is 1. The number of fused-ring (bicyclic) bond motifs is 2. The number of amides is 2. The lowest BCUT2D eigenvalue weighted by Gasteiger charge is -2.08. The van der Waals surface area contributed by atoms with Crippen molar-refractivity contribution in [1.82, 2.24) is 25.4 Å². The monoisotopic (exact) mass is 425 g/mol. The summed E-state index contributed by atoms with van der Waals surface area (Å²) in [7, 11) is 0. The van der Waals surface area contributed by atoms with Crippen LogP contribution in [-0.2, 0) is 0 Å². The minimum atomic E-state index is -0.368. The number of aromatic nitrogens is 5. The molecule has 4 N–H and O–H groups in total. The van der Waals surface area contributed by atoms with Crippen LogP contribution >= 0.6 is 0 Å². The van der Waals surface area contributed by atoms with Gasteiger partial charge in [0.15, 0.2) is 0 Å². The van der Waals surface area contributed by atoms with E-state index in [-0.39, 0.29) is 22.9 Å². The normalized spacial score (nSPS) is 11.1. The minimum Gasteiger partial charge on any atom is -0.322 e. The number of nitrogens with zero attached hydrogens (tertiary/aromatic N) is 3. The molecule has 5 aromatic rings. The molecule has 158 valence electrons. The number of aromatic amines is 2. The van der Waals surface area contributed by atoms with E-state index in [1.165, 1.54) is 18.5 Å². The molecule has 2 aromatic carbocycles. The summed E-state index contributed by atoms with van der Waals surface area (Å²) in [5.74, 6) is -0.737. The number of carbonyl (C=O) groups is 2. The Morgan fingerprint density at radius 3 is 1.66 bits per heavy atom. The maximum Gasteiger partial charge on any atom is 0.257 e. The highest BCUT2D eigenvalue weighted by molar-refractivity contribution is 6.09. The van der Waals surface area contributed by atoms with Gasteiger partial charge in [-0.1, -0.05) is 0 Å². The molecule has 0 saturated carbocycles. The third-order valence-corrected chi connectivity index (χ3v) is 5.27. The summed E-state index contributed by atoms with van der Waals surface area (Å²) in [6.07, 6.45) is 2.84. The van der Waals surface area contributed by atoms with Gasteiger partial charge in [-0.05, 0) is 56.3 Å². The third-order valence-electron chi connectivity index (χ3n) is 5.27. The van der Waals surface area contributed by atoms with Crippen molar-refractivity contribution in [3.05, 3.63) is 77.4 Å². The first-order chi connectivity index (χ1) is 15.5. The molecule has 0 atom stereocenters. The number of rotatable bonds is 4. The zero-order valence-corrected chi connectivity index (χ0v) is 17.4. The van der Waals surface area contributed by atoms with Gasteiger partial charge in [-0.15, -0.1) is 0 Å². The van der Waals surface area contributed by atoms with E-state index in [1.807, 2.05) is 26.0 Å². The van der Waals surface area contributed by atoms with Crippen molar-refractivity contribution in [2.24, 2.45) is 0 Å². The van der Waals surface area contributed by atoms with Gasteiger partial charge in [-0.2, -0.15) is 10.2 Å². The zero-order chi connectivity index (χ0) is 22.2. The summed E-state index contributed by atoms with van der Waals surface area (Å²) < 4.78 is 0. The van der Waals surface area contributed by atoms with E-state index in [9.17, 15) is 9.59 Å². The Labute approximate surface area is 182 Å². The first-order valence-electron chi connectivity index (χ1n) is 9.95. The summed E-state index contributed by atoms with van der Waals surface area (Å²) in [5, 5.41) is 21.9. The molecule has 5 rings (SSSR count). The highest BCUT2D eigenvalue weighted by Gasteiger charge is 2.13. The second-order valence-electron chi connectivity index (χ2n) is 7.53.